The molecule has 3 heteroatoms. The molecule has 0 N–H and O–H groups in total. The Morgan fingerprint density at radius 1 is 1.11 bits per heavy atom. The van der Waals surface area contributed by atoms with Gasteiger partial charge < -0.3 is 9.47 Å². The number of hydrogen-bond acceptors (Lipinski definition) is 3. The number of rotatable bonds is 0. The van der Waals surface area contributed by atoms with Crippen molar-refractivity contribution in [3.8, 4) is 0 Å². The van der Waals surface area contributed by atoms with Crippen molar-refractivity contribution >= 4 is 6.16 Å². The maximum Gasteiger partial charge on any atom is 0.507 e. The molecule has 0 aromatic rings. The molecule has 0 aromatic carbocycles. The van der Waals surface area contributed by atoms with Crippen molar-refractivity contribution in [3.63, 3.8) is 0 Å². The van der Waals surface area contributed by atoms with Gasteiger partial charge in [0.05, 0.1) is 14.2 Å². The topological polar surface area (TPSA) is 35.5 Å². The van der Waals surface area contributed by atoms with Gasteiger partial charge in [0.1, 0.15) is 0 Å². The molecule has 1 saturated carbocycles. The standard InChI is InChI=1S/C3H6O3.C3H6/c1-5-3(4)6-2;1-2-3-1/h1-2H3;1-3H2. The van der Waals surface area contributed by atoms with E-state index in [1.165, 1.54) is 33.5 Å². The molecule has 0 radical (unpaired) electrons. The van der Waals surface area contributed by atoms with E-state index < -0.39 is 6.16 Å². The van der Waals surface area contributed by atoms with E-state index in [2.05, 4.69) is 9.47 Å². The summed E-state index contributed by atoms with van der Waals surface area (Å²) in [4.78, 5) is 9.74. The smallest absolute Gasteiger partial charge is 0.438 e. The van der Waals surface area contributed by atoms with Crippen molar-refractivity contribution in [2.75, 3.05) is 14.2 Å². The lowest BCUT2D eigenvalue weighted by atomic mass is 11.0. The first-order chi connectivity index (χ1) is 4.31. The average molecular weight is 132 g/mol. The molecule has 1 rings (SSSR count). The van der Waals surface area contributed by atoms with Crippen molar-refractivity contribution in [1.29, 1.82) is 0 Å². The summed E-state index contributed by atoms with van der Waals surface area (Å²) in [6.07, 6.45) is 3.84. The largest absolute Gasteiger partial charge is 0.507 e. The van der Waals surface area contributed by atoms with Crippen LogP contribution >= 0.6 is 0 Å². The maximum absolute atomic E-state index is 9.74. The molecule has 0 saturated heterocycles. The van der Waals surface area contributed by atoms with Crippen LogP contribution in [0.5, 0.6) is 0 Å². The quantitative estimate of drug-likeness (QED) is 0.469. The summed E-state index contributed by atoms with van der Waals surface area (Å²) < 4.78 is 8.08. The Labute approximate surface area is 55.0 Å². The highest BCUT2D eigenvalue weighted by molar-refractivity contribution is 5.59. The summed E-state index contributed by atoms with van der Waals surface area (Å²) in [6.45, 7) is 0. The van der Waals surface area contributed by atoms with Crippen molar-refractivity contribution in [1.82, 2.24) is 0 Å². The van der Waals surface area contributed by atoms with Crippen LogP contribution in [-0.4, -0.2) is 20.4 Å². The second kappa shape index (κ2) is 5.41. The van der Waals surface area contributed by atoms with Gasteiger partial charge in [-0.25, -0.2) is 4.79 Å². The Hall–Kier alpha value is -0.730. The minimum atomic E-state index is -0.657. The summed E-state index contributed by atoms with van der Waals surface area (Å²) in [7, 11) is 2.51. The minimum Gasteiger partial charge on any atom is -0.438 e. The fourth-order valence-corrected chi connectivity index (χ4v) is 0.0833. The lowest BCUT2D eigenvalue weighted by molar-refractivity contribution is 0.0924. The van der Waals surface area contributed by atoms with Crippen LogP contribution in [0.2, 0.25) is 0 Å². The Morgan fingerprint density at radius 2 is 1.44 bits per heavy atom. The van der Waals surface area contributed by atoms with E-state index in [9.17, 15) is 4.79 Å². The molecule has 0 unspecified atom stereocenters. The predicted molar refractivity (Wildman–Crippen MR) is 33.3 cm³/mol. The first kappa shape index (κ1) is 8.27. The molecular formula is C6H12O3. The van der Waals surface area contributed by atoms with E-state index in [1.54, 1.807) is 0 Å². The molecule has 3 nitrogen and oxygen atoms in total. The number of carbonyl (C=O) groups is 1. The monoisotopic (exact) mass is 132 g/mol. The minimum absolute atomic E-state index is 0.657. The average Bonchev–Trinajstić information content (AvgIpc) is 2.70. The van der Waals surface area contributed by atoms with Crippen molar-refractivity contribution in [2.24, 2.45) is 0 Å². The molecule has 0 bridgehead atoms. The molecule has 0 aromatic heterocycles. The second-order valence-electron chi connectivity index (χ2n) is 1.72. The summed E-state index contributed by atoms with van der Waals surface area (Å²) in [5, 5.41) is 0. The number of hydrogen-bond donors (Lipinski definition) is 0. The van der Waals surface area contributed by atoms with Gasteiger partial charge in [0.25, 0.3) is 0 Å². The third-order valence-electron chi connectivity index (χ3n) is 0.687. The van der Waals surface area contributed by atoms with Crippen molar-refractivity contribution in [3.05, 3.63) is 0 Å². The van der Waals surface area contributed by atoms with Gasteiger partial charge in [0, 0.05) is 0 Å². The molecule has 0 atom stereocenters. The predicted octanol–water partition coefficient (Wildman–Crippen LogP) is 1.57. The first-order valence-corrected chi connectivity index (χ1v) is 2.93. The highest BCUT2D eigenvalue weighted by Gasteiger charge is 1.95. The zero-order valence-electron chi connectivity index (χ0n) is 5.85. The fourth-order valence-electron chi connectivity index (χ4n) is 0.0833. The molecule has 0 amide bonds. The highest BCUT2D eigenvalue weighted by Crippen LogP contribution is 2.14. The third-order valence-corrected chi connectivity index (χ3v) is 0.687. The third kappa shape index (κ3) is 11.1. The van der Waals surface area contributed by atoms with Gasteiger partial charge in [-0.2, -0.15) is 0 Å². The van der Waals surface area contributed by atoms with Crippen LogP contribution in [-0.2, 0) is 9.47 Å². The molecule has 1 fully saturated rings. The van der Waals surface area contributed by atoms with Crippen LogP contribution in [0.1, 0.15) is 19.3 Å². The van der Waals surface area contributed by atoms with Crippen LogP contribution in [0.4, 0.5) is 4.79 Å². The first-order valence-electron chi connectivity index (χ1n) is 2.93. The molecule has 1 aliphatic rings. The van der Waals surface area contributed by atoms with Gasteiger partial charge in [-0.1, -0.05) is 19.3 Å². The Bertz CT molecular complexity index is 69.6. The van der Waals surface area contributed by atoms with E-state index >= 15 is 0 Å². The molecule has 9 heavy (non-hydrogen) atoms. The lowest BCUT2D eigenvalue weighted by Gasteiger charge is -1.89. The molecular weight excluding hydrogens is 120 g/mol. The number of carbonyl (C=O) groups excluding carboxylic acids is 1. The van der Waals surface area contributed by atoms with E-state index in [4.69, 9.17) is 0 Å². The highest BCUT2D eigenvalue weighted by atomic mass is 16.7. The zero-order valence-corrected chi connectivity index (χ0v) is 5.85. The number of methoxy groups -OCH3 is 2. The summed E-state index contributed by atoms with van der Waals surface area (Å²) in [6, 6.07) is 0. The van der Waals surface area contributed by atoms with Gasteiger partial charge in [0.15, 0.2) is 0 Å². The lowest BCUT2D eigenvalue weighted by Crippen LogP contribution is -1.97. The summed E-state index contributed by atoms with van der Waals surface area (Å²) >= 11 is 0. The van der Waals surface area contributed by atoms with Crippen molar-refractivity contribution in [2.45, 2.75) is 19.3 Å². The van der Waals surface area contributed by atoms with E-state index in [0.29, 0.717) is 0 Å². The Morgan fingerprint density at radius 3 is 1.44 bits per heavy atom. The normalized spacial score (nSPS) is 12.7. The van der Waals surface area contributed by atoms with Crippen LogP contribution in [0, 0.1) is 0 Å². The van der Waals surface area contributed by atoms with Crippen LogP contribution in [0.25, 0.3) is 0 Å². The van der Waals surface area contributed by atoms with Crippen molar-refractivity contribution < 1.29 is 14.3 Å². The summed E-state index contributed by atoms with van der Waals surface area (Å²) in [5.41, 5.74) is 0. The molecule has 54 valence electrons. The van der Waals surface area contributed by atoms with E-state index in [1.807, 2.05) is 0 Å². The molecule has 0 heterocycles. The zero-order chi connectivity index (χ0) is 7.11. The van der Waals surface area contributed by atoms with Crippen LogP contribution < -0.4 is 0 Å². The van der Waals surface area contributed by atoms with Gasteiger partial charge in [-0.3, -0.25) is 0 Å². The summed E-state index contributed by atoms with van der Waals surface area (Å²) in [5.74, 6) is 0. The van der Waals surface area contributed by atoms with Gasteiger partial charge in [0.2, 0.25) is 0 Å². The van der Waals surface area contributed by atoms with Gasteiger partial charge in [-0.15, -0.1) is 0 Å². The second-order valence-corrected chi connectivity index (χ2v) is 1.72. The van der Waals surface area contributed by atoms with Gasteiger partial charge in [-0.05, 0) is 0 Å². The Balaban J connectivity index is 0.000000173. The maximum atomic E-state index is 9.74. The van der Waals surface area contributed by atoms with E-state index in [0.717, 1.165) is 0 Å². The molecule has 1 aliphatic carbocycles. The fraction of sp³-hybridized carbons (Fsp3) is 0.833. The van der Waals surface area contributed by atoms with E-state index in [-0.39, 0.29) is 0 Å². The molecule has 0 spiro atoms. The molecule has 0 aliphatic heterocycles. The Kier molecular flexibility index (Phi) is 4.97. The van der Waals surface area contributed by atoms with Crippen LogP contribution in [0.3, 0.4) is 0 Å². The van der Waals surface area contributed by atoms with Crippen LogP contribution in [0.15, 0.2) is 0 Å². The SMILES string of the molecule is C1CC1.COC(=O)OC. The number of ether oxygens (including phenoxy) is 2. The van der Waals surface area contributed by atoms with Gasteiger partial charge >= 0.3 is 6.16 Å².